The number of likely N-dealkylation sites (tertiary alicyclic amines) is 1. The Morgan fingerprint density at radius 2 is 1.80 bits per heavy atom. The molecule has 2 heteroatoms. The minimum Gasteiger partial charge on any atom is -0.394 e. The second-order valence-corrected chi connectivity index (χ2v) is 4.35. The summed E-state index contributed by atoms with van der Waals surface area (Å²) in [5.74, 6) is 0. The van der Waals surface area contributed by atoms with E-state index >= 15 is 0 Å². The zero-order valence-electron chi connectivity index (χ0n) is 9.32. The predicted molar refractivity (Wildman–Crippen MR) is 61.8 cm³/mol. The van der Waals surface area contributed by atoms with Gasteiger partial charge in [0.1, 0.15) is 0 Å². The van der Waals surface area contributed by atoms with Crippen LogP contribution in [0.3, 0.4) is 0 Å². The standard InChI is InChI=1S/C13H19NO/c1-11-4-6-12(7-5-11)13(10-15)14-8-2-3-9-14/h4-7,13,15H,2-3,8-10H2,1H3/t13-/m0/s1. The van der Waals surface area contributed by atoms with Gasteiger partial charge in [0.2, 0.25) is 0 Å². The fourth-order valence-corrected chi connectivity index (χ4v) is 2.27. The molecule has 1 saturated heterocycles. The van der Waals surface area contributed by atoms with E-state index in [4.69, 9.17) is 0 Å². The van der Waals surface area contributed by atoms with Crippen molar-refractivity contribution in [3.05, 3.63) is 35.4 Å². The van der Waals surface area contributed by atoms with Crippen LogP contribution in [0.25, 0.3) is 0 Å². The van der Waals surface area contributed by atoms with Crippen molar-refractivity contribution < 1.29 is 5.11 Å². The molecule has 1 fully saturated rings. The highest BCUT2D eigenvalue weighted by Crippen LogP contribution is 2.24. The van der Waals surface area contributed by atoms with Gasteiger partial charge in [-0.3, -0.25) is 4.90 Å². The summed E-state index contributed by atoms with van der Waals surface area (Å²) >= 11 is 0. The predicted octanol–water partition coefficient (Wildman–Crippen LogP) is 2.12. The number of aliphatic hydroxyl groups excluding tert-OH is 1. The van der Waals surface area contributed by atoms with Gasteiger partial charge in [-0.1, -0.05) is 29.8 Å². The number of aryl methyl sites for hydroxylation is 1. The number of rotatable bonds is 3. The van der Waals surface area contributed by atoms with Gasteiger partial charge in [-0.25, -0.2) is 0 Å². The van der Waals surface area contributed by atoms with Crippen molar-refractivity contribution in [1.29, 1.82) is 0 Å². The van der Waals surface area contributed by atoms with Crippen LogP contribution < -0.4 is 0 Å². The second kappa shape index (κ2) is 4.77. The Morgan fingerprint density at radius 3 is 2.33 bits per heavy atom. The lowest BCUT2D eigenvalue weighted by Crippen LogP contribution is -2.28. The molecule has 0 spiro atoms. The van der Waals surface area contributed by atoms with E-state index in [0.29, 0.717) is 0 Å². The van der Waals surface area contributed by atoms with Crippen LogP contribution in [0.1, 0.15) is 30.0 Å². The first-order chi connectivity index (χ1) is 7.31. The maximum Gasteiger partial charge on any atom is 0.0628 e. The normalized spacial score (nSPS) is 19.3. The van der Waals surface area contributed by atoms with E-state index in [0.717, 1.165) is 13.1 Å². The zero-order chi connectivity index (χ0) is 10.7. The Kier molecular flexibility index (Phi) is 3.39. The van der Waals surface area contributed by atoms with Crippen LogP contribution in [0.5, 0.6) is 0 Å². The molecule has 0 saturated carbocycles. The molecule has 1 atom stereocenters. The Labute approximate surface area is 91.5 Å². The molecule has 15 heavy (non-hydrogen) atoms. The lowest BCUT2D eigenvalue weighted by Gasteiger charge is -2.26. The average Bonchev–Trinajstić information content (AvgIpc) is 2.75. The van der Waals surface area contributed by atoms with Gasteiger partial charge < -0.3 is 5.11 Å². The molecule has 0 aliphatic carbocycles. The Balaban J connectivity index is 2.14. The van der Waals surface area contributed by atoms with Crippen molar-refractivity contribution in [1.82, 2.24) is 4.90 Å². The van der Waals surface area contributed by atoms with Crippen LogP contribution in [0.4, 0.5) is 0 Å². The fraction of sp³-hybridized carbons (Fsp3) is 0.538. The van der Waals surface area contributed by atoms with Gasteiger partial charge in [-0.15, -0.1) is 0 Å². The number of hydrogen-bond acceptors (Lipinski definition) is 2. The van der Waals surface area contributed by atoms with Gasteiger partial charge >= 0.3 is 0 Å². The molecule has 1 aliphatic rings. The lowest BCUT2D eigenvalue weighted by molar-refractivity contribution is 0.147. The second-order valence-electron chi connectivity index (χ2n) is 4.35. The maximum absolute atomic E-state index is 9.47. The summed E-state index contributed by atoms with van der Waals surface area (Å²) in [4.78, 5) is 2.38. The largest absolute Gasteiger partial charge is 0.394 e. The molecule has 0 amide bonds. The van der Waals surface area contributed by atoms with Crippen molar-refractivity contribution >= 4 is 0 Å². The molecule has 1 aliphatic heterocycles. The van der Waals surface area contributed by atoms with Gasteiger partial charge in [0, 0.05) is 0 Å². The smallest absolute Gasteiger partial charge is 0.0628 e. The van der Waals surface area contributed by atoms with Gasteiger partial charge in [0.05, 0.1) is 12.6 Å². The van der Waals surface area contributed by atoms with E-state index in [9.17, 15) is 5.11 Å². The molecule has 0 bridgehead atoms. The van der Waals surface area contributed by atoms with Gasteiger partial charge in [-0.2, -0.15) is 0 Å². The Hall–Kier alpha value is -0.860. The summed E-state index contributed by atoms with van der Waals surface area (Å²) in [7, 11) is 0. The van der Waals surface area contributed by atoms with Crippen molar-refractivity contribution in [2.75, 3.05) is 19.7 Å². The van der Waals surface area contributed by atoms with Crippen LogP contribution in [-0.4, -0.2) is 29.7 Å². The molecule has 0 aromatic heterocycles. The average molecular weight is 205 g/mol. The van der Waals surface area contributed by atoms with Crippen molar-refractivity contribution in [2.45, 2.75) is 25.8 Å². The first kappa shape index (κ1) is 10.7. The molecule has 1 aromatic rings. The molecule has 1 aromatic carbocycles. The minimum atomic E-state index is 0.202. The molecule has 1 N–H and O–H groups in total. The molecule has 2 rings (SSSR count). The zero-order valence-corrected chi connectivity index (χ0v) is 9.32. The first-order valence-electron chi connectivity index (χ1n) is 5.73. The number of benzene rings is 1. The van der Waals surface area contributed by atoms with Gasteiger partial charge in [-0.05, 0) is 38.4 Å². The quantitative estimate of drug-likeness (QED) is 0.817. The van der Waals surface area contributed by atoms with E-state index in [1.807, 2.05) is 0 Å². The highest BCUT2D eigenvalue weighted by Gasteiger charge is 2.22. The summed E-state index contributed by atoms with van der Waals surface area (Å²) in [6, 6.07) is 8.71. The highest BCUT2D eigenvalue weighted by molar-refractivity contribution is 5.24. The lowest BCUT2D eigenvalue weighted by atomic mass is 10.0. The van der Waals surface area contributed by atoms with Crippen LogP contribution in [0, 0.1) is 6.92 Å². The monoisotopic (exact) mass is 205 g/mol. The van der Waals surface area contributed by atoms with E-state index < -0.39 is 0 Å². The minimum absolute atomic E-state index is 0.202. The Bertz CT molecular complexity index is 301. The number of aliphatic hydroxyl groups is 1. The summed E-state index contributed by atoms with van der Waals surface area (Å²) in [6.07, 6.45) is 2.53. The third-order valence-corrected chi connectivity index (χ3v) is 3.22. The first-order valence-corrected chi connectivity index (χ1v) is 5.73. The van der Waals surface area contributed by atoms with E-state index in [-0.39, 0.29) is 12.6 Å². The molecule has 82 valence electrons. The maximum atomic E-state index is 9.47. The molecule has 0 unspecified atom stereocenters. The van der Waals surface area contributed by atoms with Crippen LogP contribution in [0.15, 0.2) is 24.3 Å². The topological polar surface area (TPSA) is 23.5 Å². The third kappa shape index (κ3) is 2.39. The SMILES string of the molecule is Cc1ccc([C@H](CO)N2CCCC2)cc1. The van der Waals surface area contributed by atoms with E-state index in [1.165, 1.54) is 24.0 Å². The fourth-order valence-electron chi connectivity index (χ4n) is 2.27. The summed E-state index contributed by atoms with van der Waals surface area (Å²) in [6.45, 7) is 4.56. The summed E-state index contributed by atoms with van der Waals surface area (Å²) in [5.41, 5.74) is 2.52. The van der Waals surface area contributed by atoms with Crippen molar-refractivity contribution in [3.63, 3.8) is 0 Å². The van der Waals surface area contributed by atoms with Crippen molar-refractivity contribution in [3.8, 4) is 0 Å². The summed E-state index contributed by atoms with van der Waals surface area (Å²) in [5, 5.41) is 9.47. The van der Waals surface area contributed by atoms with Gasteiger partial charge in [0.25, 0.3) is 0 Å². The van der Waals surface area contributed by atoms with Crippen LogP contribution in [0.2, 0.25) is 0 Å². The molecular formula is C13H19NO. The van der Waals surface area contributed by atoms with E-state index in [1.54, 1.807) is 0 Å². The third-order valence-electron chi connectivity index (χ3n) is 3.22. The van der Waals surface area contributed by atoms with Crippen LogP contribution in [-0.2, 0) is 0 Å². The van der Waals surface area contributed by atoms with E-state index in [2.05, 4.69) is 36.1 Å². The van der Waals surface area contributed by atoms with Crippen molar-refractivity contribution in [2.24, 2.45) is 0 Å². The number of nitrogens with zero attached hydrogens (tertiary/aromatic N) is 1. The summed E-state index contributed by atoms with van der Waals surface area (Å²) < 4.78 is 0. The Morgan fingerprint density at radius 1 is 1.20 bits per heavy atom. The molecule has 0 radical (unpaired) electrons. The van der Waals surface area contributed by atoms with Gasteiger partial charge in [0.15, 0.2) is 0 Å². The molecular weight excluding hydrogens is 186 g/mol. The number of hydrogen-bond donors (Lipinski definition) is 1. The molecule has 2 nitrogen and oxygen atoms in total. The highest BCUT2D eigenvalue weighted by atomic mass is 16.3. The van der Waals surface area contributed by atoms with Crippen LogP contribution >= 0.6 is 0 Å². The molecule has 1 heterocycles.